The lowest BCUT2D eigenvalue weighted by molar-refractivity contribution is 0.281. The average Bonchev–Trinajstić information content (AvgIpc) is 2.73. The van der Waals surface area contributed by atoms with Crippen LogP contribution in [-0.4, -0.2) is 30.4 Å². The average molecular weight is 332 g/mol. The first-order valence-corrected chi connectivity index (χ1v) is 9.23. The Bertz CT molecular complexity index is 589. The van der Waals surface area contributed by atoms with Crippen LogP contribution in [0, 0.1) is 0 Å². The molecule has 1 fully saturated rings. The number of benzene rings is 1. The second-order valence-electron chi connectivity index (χ2n) is 5.45. The predicted octanol–water partition coefficient (Wildman–Crippen LogP) is 3.18. The Morgan fingerprint density at radius 3 is 2.76 bits per heavy atom. The summed E-state index contributed by atoms with van der Waals surface area (Å²) >= 11 is 6.10. The third-order valence-corrected chi connectivity index (χ3v) is 6.49. The van der Waals surface area contributed by atoms with Gasteiger partial charge in [0, 0.05) is 12.6 Å². The first-order valence-electron chi connectivity index (χ1n) is 7.41. The third kappa shape index (κ3) is 3.59. The van der Waals surface area contributed by atoms with Crippen molar-refractivity contribution in [2.24, 2.45) is 0 Å². The minimum Gasteiger partial charge on any atom is -0.392 e. The Labute approximate surface area is 131 Å². The van der Waals surface area contributed by atoms with Crippen molar-refractivity contribution in [1.29, 1.82) is 0 Å². The predicted molar refractivity (Wildman–Crippen MR) is 83.8 cm³/mol. The van der Waals surface area contributed by atoms with Crippen molar-refractivity contribution >= 4 is 21.6 Å². The summed E-state index contributed by atoms with van der Waals surface area (Å²) in [7, 11) is -3.62. The summed E-state index contributed by atoms with van der Waals surface area (Å²) in [4.78, 5) is 0.107. The van der Waals surface area contributed by atoms with Crippen LogP contribution in [0.25, 0.3) is 0 Å². The van der Waals surface area contributed by atoms with Crippen molar-refractivity contribution in [3.8, 4) is 0 Å². The Kier molecular flexibility index (Phi) is 5.66. The van der Waals surface area contributed by atoms with Gasteiger partial charge in [-0.05, 0) is 37.0 Å². The molecular formula is C15H22ClNO3S. The zero-order valence-electron chi connectivity index (χ0n) is 12.3. The Hall–Kier alpha value is -0.620. The molecule has 1 aliphatic rings. The fourth-order valence-electron chi connectivity index (χ4n) is 2.85. The van der Waals surface area contributed by atoms with Crippen molar-refractivity contribution in [2.45, 2.75) is 56.6 Å². The number of sulfonamides is 1. The van der Waals surface area contributed by atoms with E-state index in [0.29, 0.717) is 12.1 Å². The molecule has 2 rings (SSSR count). The summed E-state index contributed by atoms with van der Waals surface area (Å²) in [5.41, 5.74) is 0.556. The lowest BCUT2D eigenvalue weighted by Gasteiger charge is -2.28. The van der Waals surface area contributed by atoms with Gasteiger partial charge in [0.1, 0.15) is 4.90 Å². The number of halogens is 1. The van der Waals surface area contributed by atoms with Gasteiger partial charge in [0.25, 0.3) is 0 Å². The van der Waals surface area contributed by atoms with E-state index in [1.165, 1.54) is 6.07 Å². The molecule has 0 bridgehead atoms. The van der Waals surface area contributed by atoms with Gasteiger partial charge in [0.05, 0.1) is 11.6 Å². The largest absolute Gasteiger partial charge is 0.392 e. The molecule has 118 valence electrons. The molecule has 6 heteroatoms. The second-order valence-corrected chi connectivity index (χ2v) is 7.72. The summed E-state index contributed by atoms with van der Waals surface area (Å²) in [6, 6.07) is 4.70. The van der Waals surface area contributed by atoms with Crippen LogP contribution in [0.15, 0.2) is 23.1 Å². The van der Waals surface area contributed by atoms with Crippen LogP contribution in [0.5, 0.6) is 0 Å². The molecule has 0 radical (unpaired) electrons. The molecule has 1 saturated heterocycles. The van der Waals surface area contributed by atoms with Gasteiger partial charge in [-0.3, -0.25) is 0 Å². The van der Waals surface area contributed by atoms with E-state index in [0.717, 1.165) is 32.1 Å². The summed E-state index contributed by atoms with van der Waals surface area (Å²) in [5.74, 6) is 0. The maximum Gasteiger partial charge on any atom is 0.244 e. The molecule has 21 heavy (non-hydrogen) atoms. The molecule has 0 aliphatic carbocycles. The van der Waals surface area contributed by atoms with Gasteiger partial charge in [-0.1, -0.05) is 37.4 Å². The molecule has 0 aromatic heterocycles. The van der Waals surface area contributed by atoms with Crippen LogP contribution in [-0.2, 0) is 16.6 Å². The number of rotatable bonds is 4. The van der Waals surface area contributed by atoms with Crippen LogP contribution in [0.2, 0.25) is 5.02 Å². The van der Waals surface area contributed by atoms with E-state index in [1.807, 2.05) is 6.92 Å². The normalized spacial score (nSPS) is 21.2. The molecule has 1 heterocycles. The number of nitrogens with zero attached hydrogens (tertiary/aromatic N) is 1. The fourth-order valence-corrected chi connectivity index (χ4v) is 5.14. The maximum atomic E-state index is 13.0. The molecule has 1 aromatic carbocycles. The number of hydrogen-bond donors (Lipinski definition) is 1. The maximum absolute atomic E-state index is 13.0. The fraction of sp³-hybridized carbons (Fsp3) is 0.600. The highest BCUT2D eigenvalue weighted by Crippen LogP contribution is 2.30. The van der Waals surface area contributed by atoms with Gasteiger partial charge < -0.3 is 5.11 Å². The van der Waals surface area contributed by atoms with Crippen LogP contribution in [0.1, 0.15) is 44.6 Å². The second kappa shape index (κ2) is 7.09. The Morgan fingerprint density at radius 1 is 1.33 bits per heavy atom. The smallest absolute Gasteiger partial charge is 0.244 e. The lowest BCUT2D eigenvalue weighted by atomic mass is 10.1. The third-order valence-electron chi connectivity index (χ3n) is 4.06. The van der Waals surface area contributed by atoms with E-state index in [1.54, 1.807) is 16.4 Å². The zero-order valence-corrected chi connectivity index (χ0v) is 13.8. The number of hydrogen-bond acceptors (Lipinski definition) is 3. The van der Waals surface area contributed by atoms with Gasteiger partial charge in [-0.15, -0.1) is 0 Å². The first-order chi connectivity index (χ1) is 10.0. The standard InChI is InChI=1S/C15H22ClNO3S/c1-2-13-6-4-3-5-9-17(13)21(19,20)15-10-12(11-18)7-8-14(15)16/h7-8,10,13,18H,2-6,9,11H2,1H3. The van der Waals surface area contributed by atoms with E-state index < -0.39 is 10.0 Å². The van der Waals surface area contributed by atoms with Crippen molar-refractivity contribution in [2.75, 3.05) is 6.54 Å². The molecular weight excluding hydrogens is 310 g/mol. The van der Waals surface area contributed by atoms with Crippen LogP contribution >= 0.6 is 11.6 Å². The van der Waals surface area contributed by atoms with E-state index in [-0.39, 0.29) is 22.6 Å². The SMILES string of the molecule is CCC1CCCCCN1S(=O)(=O)c1cc(CO)ccc1Cl. The van der Waals surface area contributed by atoms with Crippen molar-refractivity contribution in [3.05, 3.63) is 28.8 Å². The Balaban J connectivity index is 2.44. The molecule has 1 atom stereocenters. The van der Waals surface area contributed by atoms with Gasteiger partial charge in [-0.2, -0.15) is 4.31 Å². The first kappa shape index (κ1) is 16.7. The monoisotopic (exact) mass is 331 g/mol. The van der Waals surface area contributed by atoms with Gasteiger partial charge >= 0.3 is 0 Å². The zero-order chi connectivity index (χ0) is 15.5. The summed E-state index contributed by atoms with van der Waals surface area (Å²) in [6.45, 7) is 2.36. The van der Waals surface area contributed by atoms with Crippen LogP contribution in [0.3, 0.4) is 0 Å². The summed E-state index contributed by atoms with van der Waals surface area (Å²) < 4.78 is 27.5. The summed E-state index contributed by atoms with van der Waals surface area (Å²) in [5, 5.41) is 9.43. The topological polar surface area (TPSA) is 57.6 Å². The molecule has 0 saturated carbocycles. The molecule has 1 aromatic rings. The van der Waals surface area contributed by atoms with Gasteiger partial charge in [0.15, 0.2) is 0 Å². The van der Waals surface area contributed by atoms with Gasteiger partial charge in [-0.25, -0.2) is 8.42 Å². The van der Waals surface area contributed by atoms with Crippen molar-refractivity contribution in [1.82, 2.24) is 4.31 Å². The quantitative estimate of drug-likeness (QED) is 0.921. The van der Waals surface area contributed by atoms with E-state index >= 15 is 0 Å². The highest BCUT2D eigenvalue weighted by molar-refractivity contribution is 7.89. The minimum absolute atomic E-state index is 0.0337. The highest BCUT2D eigenvalue weighted by atomic mass is 35.5. The van der Waals surface area contributed by atoms with E-state index in [4.69, 9.17) is 11.6 Å². The summed E-state index contributed by atoms with van der Waals surface area (Å²) in [6.07, 6.45) is 4.71. The van der Waals surface area contributed by atoms with E-state index in [2.05, 4.69) is 0 Å². The molecule has 1 unspecified atom stereocenters. The van der Waals surface area contributed by atoms with Crippen molar-refractivity contribution < 1.29 is 13.5 Å². The lowest BCUT2D eigenvalue weighted by Crippen LogP contribution is -2.39. The number of aliphatic hydroxyl groups excluding tert-OH is 1. The van der Waals surface area contributed by atoms with Crippen molar-refractivity contribution in [3.63, 3.8) is 0 Å². The van der Waals surface area contributed by atoms with Crippen LogP contribution < -0.4 is 0 Å². The van der Waals surface area contributed by atoms with E-state index in [9.17, 15) is 13.5 Å². The highest BCUT2D eigenvalue weighted by Gasteiger charge is 2.32. The molecule has 1 aliphatic heterocycles. The Morgan fingerprint density at radius 2 is 2.10 bits per heavy atom. The van der Waals surface area contributed by atoms with Crippen LogP contribution in [0.4, 0.5) is 0 Å². The van der Waals surface area contributed by atoms with Gasteiger partial charge in [0.2, 0.25) is 10.0 Å². The molecule has 1 N–H and O–H groups in total. The molecule has 0 amide bonds. The minimum atomic E-state index is -3.62. The molecule has 4 nitrogen and oxygen atoms in total. The molecule has 0 spiro atoms. The number of aliphatic hydroxyl groups is 1.